The van der Waals surface area contributed by atoms with Crippen LogP contribution in [0.3, 0.4) is 0 Å². The van der Waals surface area contributed by atoms with Gasteiger partial charge in [-0.3, -0.25) is 4.79 Å². The Morgan fingerprint density at radius 1 is 1.22 bits per heavy atom. The van der Waals surface area contributed by atoms with Gasteiger partial charge in [0.1, 0.15) is 6.04 Å². The SMILES string of the molecule is CC[C@@H](NC(=O)c1ccc(-c2ccc(O)c(OC)c2)cc1)c1nc(C)no1. The standard InChI is InChI=1S/C20H21N3O4/c1-4-16(20-21-12(2)23-27-20)22-19(25)14-7-5-13(6-8-14)15-9-10-17(24)18(11-15)26-3/h5-11,16,24H,4H2,1-3H3,(H,22,25)/t16-/m1/s1. The number of aryl methyl sites for hydroxylation is 1. The maximum Gasteiger partial charge on any atom is 0.251 e. The summed E-state index contributed by atoms with van der Waals surface area (Å²) in [5, 5.41) is 16.4. The highest BCUT2D eigenvalue weighted by Gasteiger charge is 2.19. The quantitative estimate of drug-likeness (QED) is 0.690. The average Bonchev–Trinajstić information content (AvgIpc) is 3.12. The van der Waals surface area contributed by atoms with Crippen molar-refractivity contribution in [2.75, 3.05) is 7.11 Å². The van der Waals surface area contributed by atoms with Crippen LogP contribution in [-0.4, -0.2) is 28.3 Å². The van der Waals surface area contributed by atoms with Gasteiger partial charge in [-0.2, -0.15) is 4.98 Å². The van der Waals surface area contributed by atoms with Gasteiger partial charge in [0.2, 0.25) is 5.89 Å². The van der Waals surface area contributed by atoms with E-state index in [1.54, 1.807) is 37.3 Å². The molecule has 7 nitrogen and oxygen atoms in total. The van der Waals surface area contributed by atoms with E-state index in [-0.39, 0.29) is 17.7 Å². The summed E-state index contributed by atoms with van der Waals surface area (Å²) in [6.07, 6.45) is 0.638. The van der Waals surface area contributed by atoms with Crippen molar-refractivity contribution >= 4 is 5.91 Å². The second-order valence-electron chi connectivity index (χ2n) is 6.08. The van der Waals surface area contributed by atoms with Gasteiger partial charge >= 0.3 is 0 Å². The van der Waals surface area contributed by atoms with Crippen molar-refractivity contribution in [3.8, 4) is 22.6 Å². The number of carbonyl (C=O) groups is 1. The molecule has 0 saturated heterocycles. The fourth-order valence-electron chi connectivity index (χ4n) is 2.71. The van der Waals surface area contributed by atoms with Crippen LogP contribution in [0, 0.1) is 6.92 Å². The first kappa shape index (κ1) is 18.4. The van der Waals surface area contributed by atoms with Crippen LogP contribution in [0.25, 0.3) is 11.1 Å². The lowest BCUT2D eigenvalue weighted by atomic mass is 10.0. The molecule has 1 atom stereocenters. The lowest BCUT2D eigenvalue weighted by Crippen LogP contribution is -2.28. The van der Waals surface area contributed by atoms with E-state index in [0.717, 1.165) is 11.1 Å². The highest BCUT2D eigenvalue weighted by Crippen LogP contribution is 2.31. The van der Waals surface area contributed by atoms with E-state index in [2.05, 4.69) is 15.5 Å². The summed E-state index contributed by atoms with van der Waals surface area (Å²) in [5.41, 5.74) is 2.31. The number of rotatable bonds is 6. The molecule has 0 aliphatic carbocycles. The number of nitrogens with one attached hydrogen (secondary N) is 1. The van der Waals surface area contributed by atoms with Gasteiger partial charge in [0.05, 0.1) is 7.11 Å². The fraction of sp³-hybridized carbons (Fsp3) is 0.250. The van der Waals surface area contributed by atoms with Gasteiger partial charge in [-0.15, -0.1) is 0 Å². The Balaban J connectivity index is 1.75. The largest absolute Gasteiger partial charge is 0.504 e. The predicted octanol–water partition coefficient (Wildman–Crippen LogP) is 3.64. The third-order valence-corrected chi connectivity index (χ3v) is 4.22. The molecule has 0 fully saturated rings. The number of nitrogens with zero attached hydrogens (tertiary/aromatic N) is 2. The van der Waals surface area contributed by atoms with Crippen molar-refractivity contribution in [1.29, 1.82) is 0 Å². The molecule has 0 bridgehead atoms. The molecule has 7 heteroatoms. The van der Waals surface area contributed by atoms with Crippen molar-refractivity contribution in [2.24, 2.45) is 0 Å². The van der Waals surface area contributed by atoms with Gasteiger partial charge in [-0.1, -0.05) is 30.3 Å². The van der Waals surface area contributed by atoms with Gasteiger partial charge in [0.15, 0.2) is 17.3 Å². The van der Waals surface area contributed by atoms with E-state index in [1.807, 2.05) is 19.1 Å². The van der Waals surface area contributed by atoms with E-state index in [9.17, 15) is 9.90 Å². The van der Waals surface area contributed by atoms with E-state index < -0.39 is 0 Å². The molecule has 0 aliphatic rings. The summed E-state index contributed by atoms with van der Waals surface area (Å²) in [6, 6.07) is 12.0. The Hall–Kier alpha value is -3.35. The molecule has 3 rings (SSSR count). The molecule has 0 unspecified atom stereocenters. The molecule has 140 valence electrons. The zero-order valence-electron chi connectivity index (χ0n) is 15.4. The minimum absolute atomic E-state index is 0.0825. The van der Waals surface area contributed by atoms with Crippen LogP contribution < -0.4 is 10.1 Å². The van der Waals surface area contributed by atoms with Crippen molar-refractivity contribution in [3.63, 3.8) is 0 Å². The van der Waals surface area contributed by atoms with Crippen LogP contribution in [0.2, 0.25) is 0 Å². The number of ether oxygens (including phenoxy) is 1. The summed E-state index contributed by atoms with van der Waals surface area (Å²) in [5.74, 6) is 1.20. The first-order valence-corrected chi connectivity index (χ1v) is 8.60. The molecule has 0 radical (unpaired) electrons. The number of amides is 1. The van der Waals surface area contributed by atoms with Crippen molar-refractivity contribution in [1.82, 2.24) is 15.5 Å². The number of benzene rings is 2. The molecule has 2 N–H and O–H groups in total. The highest BCUT2D eigenvalue weighted by molar-refractivity contribution is 5.94. The molecule has 1 amide bonds. The van der Waals surface area contributed by atoms with Crippen molar-refractivity contribution in [3.05, 3.63) is 59.7 Å². The minimum Gasteiger partial charge on any atom is -0.504 e. The van der Waals surface area contributed by atoms with Gasteiger partial charge < -0.3 is 19.7 Å². The molecular formula is C20H21N3O4. The second-order valence-corrected chi connectivity index (χ2v) is 6.08. The maximum absolute atomic E-state index is 12.5. The highest BCUT2D eigenvalue weighted by atomic mass is 16.5. The lowest BCUT2D eigenvalue weighted by Gasteiger charge is -2.13. The van der Waals surface area contributed by atoms with Gasteiger partial charge in [-0.05, 0) is 48.7 Å². The number of methoxy groups -OCH3 is 1. The Bertz CT molecular complexity index is 935. The fourth-order valence-corrected chi connectivity index (χ4v) is 2.71. The van der Waals surface area contributed by atoms with Crippen LogP contribution in [0.5, 0.6) is 11.5 Å². The summed E-state index contributed by atoms with van der Waals surface area (Å²) >= 11 is 0. The minimum atomic E-state index is -0.334. The van der Waals surface area contributed by atoms with Gasteiger partial charge in [-0.25, -0.2) is 0 Å². The number of hydrogen-bond acceptors (Lipinski definition) is 6. The van der Waals surface area contributed by atoms with Crippen LogP contribution in [0.15, 0.2) is 47.0 Å². The number of phenolic OH excluding ortho intramolecular Hbond substituents is 1. The number of aromatic nitrogens is 2. The maximum atomic E-state index is 12.5. The lowest BCUT2D eigenvalue weighted by molar-refractivity contribution is 0.0927. The molecule has 0 aliphatic heterocycles. The summed E-state index contributed by atoms with van der Waals surface area (Å²) < 4.78 is 10.3. The Labute approximate surface area is 157 Å². The molecule has 27 heavy (non-hydrogen) atoms. The zero-order valence-corrected chi connectivity index (χ0v) is 15.4. The third-order valence-electron chi connectivity index (χ3n) is 4.22. The number of phenols is 1. The first-order valence-electron chi connectivity index (χ1n) is 8.60. The molecule has 3 aromatic rings. The van der Waals surface area contributed by atoms with Gasteiger partial charge in [0.25, 0.3) is 5.91 Å². The Morgan fingerprint density at radius 2 is 1.93 bits per heavy atom. The van der Waals surface area contributed by atoms with Crippen LogP contribution in [0.1, 0.15) is 41.5 Å². The molecule has 1 aromatic heterocycles. The number of carbonyl (C=O) groups excluding carboxylic acids is 1. The Morgan fingerprint density at radius 3 is 2.52 bits per heavy atom. The normalized spacial score (nSPS) is 11.8. The second kappa shape index (κ2) is 7.90. The van der Waals surface area contributed by atoms with Crippen LogP contribution in [-0.2, 0) is 0 Å². The number of hydrogen-bond donors (Lipinski definition) is 2. The Kier molecular flexibility index (Phi) is 5.40. The van der Waals surface area contributed by atoms with E-state index in [0.29, 0.717) is 29.4 Å². The molecular weight excluding hydrogens is 346 g/mol. The van der Waals surface area contributed by atoms with Gasteiger partial charge in [0, 0.05) is 5.56 Å². The summed E-state index contributed by atoms with van der Waals surface area (Å²) in [6.45, 7) is 3.67. The monoisotopic (exact) mass is 367 g/mol. The van der Waals surface area contributed by atoms with Crippen LogP contribution >= 0.6 is 0 Å². The smallest absolute Gasteiger partial charge is 0.251 e. The molecule has 1 heterocycles. The summed E-state index contributed by atoms with van der Waals surface area (Å²) in [7, 11) is 1.50. The predicted molar refractivity (Wildman–Crippen MR) is 99.6 cm³/mol. The van der Waals surface area contributed by atoms with E-state index >= 15 is 0 Å². The molecule has 0 saturated carbocycles. The summed E-state index contributed by atoms with van der Waals surface area (Å²) in [4.78, 5) is 16.7. The molecule has 0 spiro atoms. The van der Waals surface area contributed by atoms with E-state index in [4.69, 9.17) is 9.26 Å². The van der Waals surface area contributed by atoms with Crippen molar-refractivity contribution < 1.29 is 19.2 Å². The number of aromatic hydroxyl groups is 1. The van der Waals surface area contributed by atoms with E-state index in [1.165, 1.54) is 7.11 Å². The molecule has 2 aromatic carbocycles. The van der Waals surface area contributed by atoms with Crippen LogP contribution in [0.4, 0.5) is 0 Å². The zero-order chi connectivity index (χ0) is 19.4. The van der Waals surface area contributed by atoms with Crippen molar-refractivity contribution in [2.45, 2.75) is 26.3 Å². The average molecular weight is 367 g/mol. The third kappa shape index (κ3) is 4.08. The topological polar surface area (TPSA) is 97.5 Å². The first-order chi connectivity index (χ1) is 13.0.